The van der Waals surface area contributed by atoms with Crippen LogP contribution in [0.25, 0.3) is 22.3 Å². The summed E-state index contributed by atoms with van der Waals surface area (Å²) in [5.74, 6) is 0.755. The molecule has 1 aromatic heterocycles. The minimum Gasteiger partial charge on any atom is -0.448 e. The van der Waals surface area contributed by atoms with Crippen LogP contribution in [-0.4, -0.2) is 47.2 Å². The number of nitrogens with two attached hydrogens (primary N) is 1. The highest BCUT2D eigenvalue weighted by molar-refractivity contribution is 5.92. The van der Waals surface area contributed by atoms with Crippen molar-refractivity contribution in [1.82, 2.24) is 9.88 Å². The van der Waals surface area contributed by atoms with Crippen LogP contribution in [0, 0.1) is 5.92 Å². The number of aromatic nitrogens is 1. The number of benzene rings is 2. The summed E-state index contributed by atoms with van der Waals surface area (Å²) in [6.45, 7) is 1.13. The molecule has 40 heavy (non-hydrogen) atoms. The average Bonchev–Trinajstić information content (AvgIpc) is 3.39. The van der Waals surface area contributed by atoms with Gasteiger partial charge in [0.1, 0.15) is 18.6 Å². The zero-order valence-corrected chi connectivity index (χ0v) is 22.5. The molecule has 3 aliphatic rings. The van der Waals surface area contributed by atoms with Gasteiger partial charge in [0.2, 0.25) is 5.91 Å². The quantitative estimate of drug-likeness (QED) is 0.379. The van der Waals surface area contributed by atoms with Crippen molar-refractivity contribution < 1.29 is 18.7 Å². The molecule has 3 aromatic rings. The molecule has 8 heteroatoms. The molecule has 208 valence electrons. The molecular weight excluding hydrogens is 507 g/mol. The van der Waals surface area contributed by atoms with Gasteiger partial charge in [0.05, 0.1) is 6.54 Å². The van der Waals surface area contributed by atoms with Crippen molar-refractivity contribution >= 4 is 17.8 Å². The maximum absolute atomic E-state index is 13.5. The van der Waals surface area contributed by atoms with Crippen LogP contribution in [0.3, 0.4) is 0 Å². The maximum Gasteiger partial charge on any atom is 0.410 e. The molecule has 2 heterocycles. The summed E-state index contributed by atoms with van der Waals surface area (Å²) in [4.78, 5) is 31.3. The third-order valence-corrected chi connectivity index (χ3v) is 8.72. The van der Waals surface area contributed by atoms with E-state index in [1.54, 1.807) is 6.20 Å². The minimum absolute atomic E-state index is 0.0486. The zero-order valence-electron chi connectivity index (χ0n) is 22.5. The van der Waals surface area contributed by atoms with Crippen molar-refractivity contribution in [3.63, 3.8) is 0 Å². The largest absolute Gasteiger partial charge is 0.448 e. The summed E-state index contributed by atoms with van der Waals surface area (Å²) in [5, 5.41) is 3.01. The topological polar surface area (TPSA) is 97.5 Å². The van der Waals surface area contributed by atoms with Gasteiger partial charge < -0.3 is 20.7 Å². The number of hydrogen-bond acceptors (Lipinski definition) is 5. The van der Waals surface area contributed by atoms with Crippen LogP contribution in [0.1, 0.15) is 50.5 Å². The van der Waals surface area contributed by atoms with E-state index < -0.39 is 11.7 Å². The zero-order chi connectivity index (χ0) is 27.7. The lowest BCUT2D eigenvalue weighted by Crippen LogP contribution is -2.50. The van der Waals surface area contributed by atoms with Crippen LogP contribution < -0.4 is 11.1 Å². The smallest absolute Gasteiger partial charge is 0.410 e. The highest BCUT2D eigenvalue weighted by Crippen LogP contribution is 2.42. The highest BCUT2D eigenvalue weighted by Gasteiger charge is 2.42. The normalized spacial score (nSPS) is 26.2. The first-order valence-corrected chi connectivity index (χ1v) is 14.2. The SMILES string of the molecule is NC1(c2ccc(-c3cnc(NC(=O)CC4CCC(N5CCOC5=O)CC4)cc3-c3ccccc3)cc2)CC(F)C1. The lowest BCUT2D eigenvalue weighted by molar-refractivity contribution is -0.117. The average molecular weight is 543 g/mol. The number of alkyl halides is 1. The van der Waals surface area contributed by atoms with Crippen LogP contribution in [0.2, 0.25) is 0 Å². The van der Waals surface area contributed by atoms with E-state index in [4.69, 9.17) is 10.5 Å². The number of rotatable bonds is 7. The van der Waals surface area contributed by atoms with Gasteiger partial charge in [0, 0.05) is 42.6 Å². The third-order valence-electron chi connectivity index (χ3n) is 8.72. The monoisotopic (exact) mass is 542 g/mol. The van der Waals surface area contributed by atoms with E-state index in [9.17, 15) is 14.0 Å². The number of carbonyl (C=O) groups is 2. The summed E-state index contributed by atoms with van der Waals surface area (Å²) in [6.07, 6.45) is 5.52. The van der Waals surface area contributed by atoms with Gasteiger partial charge in [-0.2, -0.15) is 0 Å². The Hall–Kier alpha value is -3.78. The second-order valence-corrected chi connectivity index (χ2v) is 11.5. The molecule has 0 atom stereocenters. The predicted octanol–water partition coefficient (Wildman–Crippen LogP) is 6.04. The van der Waals surface area contributed by atoms with Gasteiger partial charge in [0.25, 0.3) is 0 Å². The number of halogens is 1. The predicted molar refractivity (Wildman–Crippen MR) is 152 cm³/mol. The second-order valence-electron chi connectivity index (χ2n) is 11.5. The summed E-state index contributed by atoms with van der Waals surface area (Å²) >= 11 is 0. The van der Waals surface area contributed by atoms with Gasteiger partial charge in [-0.25, -0.2) is 14.2 Å². The number of anilines is 1. The number of pyridine rings is 1. The molecule has 1 aliphatic heterocycles. The molecule has 2 aromatic carbocycles. The number of ether oxygens (including phenoxy) is 1. The van der Waals surface area contributed by atoms with E-state index in [0.717, 1.165) is 53.5 Å². The molecule has 1 saturated heterocycles. The summed E-state index contributed by atoms with van der Waals surface area (Å²) in [6, 6.07) is 20.1. The van der Waals surface area contributed by atoms with Crippen LogP contribution in [0.5, 0.6) is 0 Å². The number of hydrogen-bond donors (Lipinski definition) is 2. The van der Waals surface area contributed by atoms with Crippen molar-refractivity contribution in [2.75, 3.05) is 18.5 Å². The van der Waals surface area contributed by atoms with Crippen molar-refractivity contribution in [3.8, 4) is 22.3 Å². The first-order valence-electron chi connectivity index (χ1n) is 14.2. The first kappa shape index (κ1) is 26.4. The van der Waals surface area contributed by atoms with Gasteiger partial charge in [-0.05, 0) is 59.9 Å². The third kappa shape index (κ3) is 5.45. The van der Waals surface area contributed by atoms with E-state index in [-0.39, 0.29) is 24.0 Å². The van der Waals surface area contributed by atoms with Gasteiger partial charge >= 0.3 is 6.09 Å². The fourth-order valence-electron chi connectivity index (χ4n) is 6.41. The van der Waals surface area contributed by atoms with Crippen molar-refractivity contribution in [2.45, 2.75) is 62.7 Å². The molecule has 0 bridgehead atoms. The second kappa shape index (κ2) is 11.0. The van der Waals surface area contributed by atoms with Crippen LogP contribution in [-0.2, 0) is 15.1 Å². The molecule has 2 aliphatic carbocycles. The fraction of sp³-hybridized carbons (Fsp3) is 0.406. The van der Waals surface area contributed by atoms with E-state index in [2.05, 4.69) is 10.3 Å². The lowest BCUT2D eigenvalue weighted by Gasteiger charge is -2.41. The Kier molecular flexibility index (Phi) is 7.27. The number of nitrogens with one attached hydrogen (secondary N) is 1. The van der Waals surface area contributed by atoms with Crippen molar-refractivity contribution in [3.05, 3.63) is 72.4 Å². The number of carbonyl (C=O) groups excluding carboxylic acids is 2. The molecule has 7 nitrogen and oxygen atoms in total. The molecule has 0 spiro atoms. The molecule has 3 N–H and O–H groups in total. The molecule has 0 radical (unpaired) electrons. The summed E-state index contributed by atoms with van der Waals surface area (Å²) < 4.78 is 18.6. The summed E-state index contributed by atoms with van der Waals surface area (Å²) in [5.41, 5.74) is 10.6. The highest BCUT2D eigenvalue weighted by atomic mass is 19.1. The molecule has 2 amide bonds. The van der Waals surface area contributed by atoms with Crippen LogP contribution in [0.15, 0.2) is 66.9 Å². The number of cyclic esters (lactones) is 1. The Labute approximate surface area is 233 Å². The van der Waals surface area contributed by atoms with E-state index >= 15 is 0 Å². The molecular formula is C32H35FN4O3. The lowest BCUT2D eigenvalue weighted by atomic mass is 9.71. The van der Waals surface area contributed by atoms with E-state index in [1.165, 1.54) is 0 Å². The van der Waals surface area contributed by atoms with Crippen molar-refractivity contribution in [2.24, 2.45) is 11.7 Å². The fourth-order valence-corrected chi connectivity index (χ4v) is 6.41. The van der Waals surface area contributed by atoms with E-state index in [0.29, 0.717) is 38.2 Å². The Bertz CT molecular complexity index is 1370. The van der Waals surface area contributed by atoms with Gasteiger partial charge in [-0.3, -0.25) is 4.79 Å². The number of amides is 2. The van der Waals surface area contributed by atoms with Gasteiger partial charge in [0.15, 0.2) is 0 Å². The van der Waals surface area contributed by atoms with Crippen LogP contribution in [0.4, 0.5) is 15.0 Å². The summed E-state index contributed by atoms with van der Waals surface area (Å²) in [7, 11) is 0. The Morgan fingerprint density at radius 3 is 2.38 bits per heavy atom. The Morgan fingerprint density at radius 2 is 1.73 bits per heavy atom. The number of nitrogens with zero attached hydrogens (tertiary/aromatic N) is 2. The van der Waals surface area contributed by atoms with Gasteiger partial charge in [-0.1, -0.05) is 54.6 Å². The van der Waals surface area contributed by atoms with Crippen molar-refractivity contribution in [1.29, 1.82) is 0 Å². The Morgan fingerprint density at radius 1 is 1.02 bits per heavy atom. The maximum atomic E-state index is 13.5. The standard InChI is InChI=1S/C32H35FN4O3/c33-25-18-32(34,19-25)24-10-8-23(9-11-24)28-20-35-29(17-27(28)22-4-2-1-3-5-22)36-30(38)16-21-6-12-26(13-7-21)37-14-15-40-31(37)39/h1-5,8-11,17,20-21,25-26H,6-7,12-16,18-19,34H2,(H,35,36,38). The first-order chi connectivity index (χ1) is 19.4. The van der Waals surface area contributed by atoms with Gasteiger partial charge in [-0.15, -0.1) is 0 Å². The molecule has 6 rings (SSSR count). The molecule has 0 unspecified atom stereocenters. The minimum atomic E-state index is -0.827. The van der Waals surface area contributed by atoms with E-state index in [1.807, 2.05) is 65.6 Å². The molecule has 3 fully saturated rings. The molecule has 2 saturated carbocycles. The van der Waals surface area contributed by atoms with Crippen LogP contribution >= 0.6 is 0 Å². The Balaban J connectivity index is 1.15.